The van der Waals surface area contributed by atoms with E-state index in [1.165, 1.54) is 12.1 Å². The first kappa shape index (κ1) is 7.24. The molecular formula is C6H4NO2S. The molecule has 0 saturated heterocycles. The molecule has 3 radical (unpaired) electrons. The molecular weight excluding hydrogens is 150 g/mol. The Hall–Kier alpha value is -0.870. The molecule has 51 valence electrons. The van der Waals surface area contributed by atoms with Crippen molar-refractivity contribution in [1.29, 1.82) is 0 Å². The minimum atomic E-state index is -3.65. The van der Waals surface area contributed by atoms with Crippen LogP contribution in [0.25, 0.3) is 0 Å². The number of nitrogens with two attached hydrogens (primary N) is 1. The first-order valence-corrected chi connectivity index (χ1v) is 3.98. The van der Waals surface area contributed by atoms with Gasteiger partial charge in [-0.2, -0.15) is 0 Å². The lowest BCUT2D eigenvalue weighted by atomic mass is 10.4. The summed E-state index contributed by atoms with van der Waals surface area (Å²) >= 11 is 0. The van der Waals surface area contributed by atoms with Crippen molar-refractivity contribution < 1.29 is 8.42 Å². The molecule has 1 aromatic rings. The van der Waals surface area contributed by atoms with Gasteiger partial charge in [0.15, 0.2) is 0 Å². The molecule has 0 heterocycles. The third-order valence-corrected chi connectivity index (χ3v) is 1.64. The van der Waals surface area contributed by atoms with Crippen molar-refractivity contribution in [2.75, 3.05) is 0 Å². The van der Waals surface area contributed by atoms with Crippen LogP contribution in [0.3, 0.4) is 0 Å². The van der Waals surface area contributed by atoms with E-state index in [4.69, 9.17) is 5.14 Å². The molecule has 10 heavy (non-hydrogen) atoms. The Morgan fingerprint density at radius 1 is 1.40 bits per heavy atom. The largest absolute Gasteiger partial charge is 0.239 e. The zero-order valence-electron chi connectivity index (χ0n) is 4.96. The molecule has 0 aromatic heterocycles. The molecule has 0 aliphatic rings. The number of hydrogen-bond donors (Lipinski definition) is 1. The number of primary sulfonamides is 1. The van der Waals surface area contributed by atoms with Gasteiger partial charge in [-0.25, -0.2) is 13.6 Å². The van der Waals surface area contributed by atoms with Gasteiger partial charge in [0.2, 0.25) is 10.0 Å². The summed E-state index contributed by atoms with van der Waals surface area (Å²) in [4.78, 5) is -0.157. The maximum atomic E-state index is 10.5. The Bertz CT molecular complexity index is 304. The average Bonchev–Trinajstić information content (AvgIpc) is 1.88. The van der Waals surface area contributed by atoms with Gasteiger partial charge >= 0.3 is 0 Å². The Kier molecular flexibility index (Phi) is 1.74. The average molecular weight is 154 g/mol. The normalized spacial score (nSPS) is 11.3. The van der Waals surface area contributed by atoms with E-state index in [0.29, 0.717) is 0 Å². The fourth-order valence-corrected chi connectivity index (χ4v) is 0.889. The maximum Gasteiger partial charge on any atom is 0.239 e. The lowest BCUT2D eigenvalue weighted by Gasteiger charge is -1.91. The monoisotopic (exact) mass is 154 g/mol. The van der Waals surface area contributed by atoms with Crippen LogP contribution >= 0.6 is 0 Å². The lowest BCUT2D eigenvalue weighted by molar-refractivity contribution is 0.597. The third-order valence-electron chi connectivity index (χ3n) is 0.851. The molecule has 0 saturated carbocycles. The second-order valence-electron chi connectivity index (χ2n) is 1.62. The summed E-state index contributed by atoms with van der Waals surface area (Å²) in [6, 6.07) is 10.1. The van der Waals surface area contributed by atoms with Crippen LogP contribution < -0.4 is 5.14 Å². The van der Waals surface area contributed by atoms with Crippen molar-refractivity contribution in [3.8, 4) is 0 Å². The summed E-state index contributed by atoms with van der Waals surface area (Å²) in [5.74, 6) is 0. The molecule has 0 bridgehead atoms. The minimum Gasteiger partial charge on any atom is -0.225 e. The predicted molar refractivity (Wildman–Crippen MR) is 34.3 cm³/mol. The summed E-state index contributed by atoms with van der Waals surface area (Å²) in [5, 5.41) is 4.75. The third kappa shape index (κ3) is 1.55. The Morgan fingerprint density at radius 2 is 2.10 bits per heavy atom. The van der Waals surface area contributed by atoms with Crippen LogP contribution in [0.2, 0.25) is 0 Å². The first-order valence-electron chi connectivity index (χ1n) is 2.43. The number of hydrogen-bond acceptors (Lipinski definition) is 2. The second kappa shape index (κ2) is 2.40. The number of sulfonamides is 1. The summed E-state index contributed by atoms with van der Waals surface area (Å²) in [7, 11) is -3.65. The Morgan fingerprint density at radius 3 is 2.40 bits per heavy atom. The van der Waals surface area contributed by atoms with E-state index in [0.717, 1.165) is 0 Å². The molecule has 0 fully saturated rings. The van der Waals surface area contributed by atoms with Crippen LogP contribution in [0.4, 0.5) is 0 Å². The van der Waals surface area contributed by atoms with Gasteiger partial charge in [-0.05, 0) is 6.07 Å². The van der Waals surface area contributed by atoms with Crippen molar-refractivity contribution in [3.63, 3.8) is 0 Å². The van der Waals surface area contributed by atoms with E-state index < -0.39 is 10.0 Å². The second-order valence-corrected chi connectivity index (χ2v) is 3.12. The molecule has 1 rings (SSSR count). The summed E-state index contributed by atoms with van der Waals surface area (Å²) < 4.78 is 21.1. The molecule has 1 aromatic carbocycles. The predicted octanol–water partition coefficient (Wildman–Crippen LogP) is -0.265. The zero-order chi connectivity index (χ0) is 7.61. The van der Waals surface area contributed by atoms with Crippen LogP contribution in [0, 0.1) is 18.2 Å². The Labute approximate surface area is 59.5 Å². The molecule has 0 aliphatic carbocycles. The quantitative estimate of drug-likeness (QED) is 0.605. The van der Waals surface area contributed by atoms with E-state index in [1.54, 1.807) is 0 Å². The minimum absolute atomic E-state index is 0.157. The molecule has 4 heteroatoms. The summed E-state index contributed by atoms with van der Waals surface area (Å²) in [5.41, 5.74) is 0. The maximum absolute atomic E-state index is 10.5. The van der Waals surface area contributed by atoms with Crippen LogP contribution in [-0.4, -0.2) is 8.42 Å². The van der Waals surface area contributed by atoms with Crippen LogP contribution in [0.15, 0.2) is 17.0 Å². The highest BCUT2D eigenvalue weighted by atomic mass is 32.2. The van der Waals surface area contributed by atoms with Crippen molar-refractivity contribution in [2.45, 2.75) is 4.90 Å². The van der Waals surface area contributed by atoms with E-state index in [2.05, 4.69) is 18.2 Å². The molecule has 3 nitrogen and oxygen atoms in total. The van der Waals surface area contributed by atoms with Gasteiger partial charge in [0.25, 0.3) is 0 Å². The van der Waals surface area contributed by atoms with Crippen molar-refractivity contribution in [1.82, 2.24) is 0 Å². The smallest absolute Gasteiger partial charge is 0.225 e. The van der Waals surface area contributed by atoms with Crippen LogP contribution in [-0.2, 0) is 10.0 Å². The number of benzene rings is 1. The van der Waals surface area contributed by atoms with Gasteiger partial charge in [0, 0.05) is 12.1 Å². The molecule has 2 N–H and O–H groups in total. The first-order chi connectivity index (χ1) is 4.61. The van der Waals surface area contributed by atoms with Crippen LogP contribution in [0.1, 0.15) is 0 Å². The fourth-order valence-electron chi connectivity index (χ4n) is 0.456. The SMILES string of the molecule is NS(=O)(=O)c1[c][c]cc[c]1. The van der Waals surface area contributed by atoms with Crippen molar-refractivity contribution in [2.24, 2.45) is 5.14 Å². The fraction of sp³-hybridized carbons (Fsp3) is 0. The highest BCUT2D eigenvalue weighted by molar-refractivity contribution is 7.89. The number of rotatable bonds is 1. The van der Waals surface area contributed by atoms with Crippen LogP contribution in [0.5, 0.6) is 0 Å². The topological polar surface area (TPSA) is 60.2 Å². The highest BCUT2D eigenvalue weighted by Crippen LogP contribution is 2.00. The molecule has 0 aliphatic heterocycles. The van der Waals surface area contributed by atoms with Gasteiger partial charge < -0.3 is 0 Å². The molecule has 0 amide bonds. The van der Waals surface area contributed by atoms with Gasteiger partial charge in [0.05, 0.1) is 4.90 Å². The van der Waals surface area contributed by atoms with Gasteiger partial charge in [-0.3, -0.25) is 0 Å². The van der Waals surface area contributed by atoms with Crippen molar-refractivity contribution in [3.05, 3.63) is 30.3 Å². The van der Waals surface area contributed by atoms with E-state index >= 15 is 0 Å². The molecule has 0 atom stereocenters. The van der Waals surface area contributed by atoms with E-state index in [-0.39, 0.29) is 4.90 Å². The van der Waals surface area contributed by atoms with Gasteiger partial charge in [-0.1, -0.05) is 12.1 Å². The summed E-state index contributed by atoms with van der Waals surface area (Å²) in [6.45, 7) is 0. The Balaban J connectivity index is 3.22. The van der Waals surface area contributed by atoms with E-state index in [9.17, 15) is 8.42 Å². The molecule has 0 unspecified atom stereocenters. The summed E-state index contributed by atoms with van der Waals surface area (Å²) in [6.07, 6.45) is 0. The standard InChI is InChI=1S/C6H4NO2S/c7-10(8,9)6-4-2-1-3-5-6/h1-2H,(H2,7,8,9). The van der Waals surface area contributed by atoms with Gasteiger partial charge in [-0.15, -0.1) is 0 Å². The van der Waals surface area contributed by atoms with E-state index in [1.807, 2.05) is 0 Å². The lowest BCUT2D eigenvalue weighted by Crippen LogP contribution is -2.11. The zero-order valence-corrected chi connectivity index (χ0v) is 5.77. The van der Waals surface area contributed by atoms with Gasteiger partial charge in [0.1, 0.15) is 0 Å². The van der Waals surface area contributed by atoms with Crippen molar-refractivity contribution >= 4 is 10.0 Å². The molecule has 0 spiro atoms. The highest BCUT2D eigenvalue weighted by Gasteiger charge is 2.05.